The monoisotopic (exact) mass is 134 g/mol. The van der Waals surface area contributed by atoms with Gasteiger partial charge in [-0.15, -0.1) is 0 Å². The number of aliphatic carboxylic acids is 1. The highest BCUT2D eigenvalue weighted by Crippen LogP contribution is 1.90. The number of carboxylic acids is 1. The first kappa shape index (κ1) is 7.49. The maximum Gasteiger partial charge on any atom is 0.373 e. The molecule has 0 aromatic heterocycles. The van der Waals surface area contributed by atoms with Crippen LogP contribution in [0.25, 0.3) is 0 Å². The Morgan fingerprint density at radius 1 is 1.62 bits per heavy atom. The van der Waals surface area contributed by atoms with Crippen molar-refractivity contribution in [3.63, 3.8) is 0 Å². The maximum absolute atomic E-state index is 10.1. The zero-order valence-corrected chi connectivity index (χ0v) is 5.20. The number of rotatable bonds is 3. The quantitative estimate of drug-likeness (QED) is 0.552. The van der Waals surface area contributed by atoms with E-state index in [0.29, 0.717) is 0 Å². The highest BCUT2D eigenvalue weighted by molar-refractivity contribution is 7.99. The van der Waals surface area contributed by atoms with Gasteiger partial charge in [-0.1, -0.05) is 0 Å². The van der Waals surface area contributed by atoms with Crippen molar-refractivity contribution < 1.29 is 14.7 Å². The molecule has 0 aliphatic heterocycles. The first-order valence-electron chi connectivity index (χ1n) is 1.93. The first-order valence-corrected chi connectivity index (χ1v) is 3.33. The summed E-state index contributed by atoms with van der Waals surface area (Å²) in [4.78, 5) is 19.8. The largest absolute Gasteiger partial charge is 0.475 e. The van der Waals surface area contributed by atoms with Crippen molar-refractivity contribution in [1.82, 2.24) is 0 Å². The standard InChI is InChI=1S/C4H6O3S/c1-8-2-3(5)4(6)7/h2H2,1H3,(H,6,7). The van der Waals surface area contributed by atoms with E-state index < -0.39 is 11.8 Å². The Balaban J connectivity index is 3.49. The average Bonchev–Trinajstić information content (AvgIpc) is 1.67. The highest BCUT2D eigenvalue weighted by Gasteiger charge is 2.08. The normalized spacial score (nSPS) is 8.62. The molecule has 1 N–H and O–H groups in total. The van der Waals surface area contributed by atoms with Gasteiger partial charge in [-0.05, 0) is 6.26 Å². The van der Waals surface area contributed by atoms with Crippen molar-refractivity contribution in [2.75, 3.05) is 12.0 Å². The molecule has 0 aliphatic rings. The lowest BCUT2D eigenvalue weighted by Gasteiger charge is -1.85. The summed E-state index contributed by atoms with van der Waals surface area (Å²) in [5.41, 5.74) is 0. The molecule has 3 nitrogen and oxygen atoms in total. The van der Waals surface area contributed by atoms with E-state index in [1.54, 1.807) is 6.26 Å². The molecule has 0 aromatic carbocycles. The number of carbonyl (C=O) groups is 2. The van der Waals surface area contributed by atoms with Gasteiger partial charge in [-0.2, -0.15) is 11.8 Å². The van der Waals surface area contributed by atoms with Crippen LogP contribution in [0.4, 0.5) is 0 Å². The predicted octanol–water partition coefficient (Wildman–Crippen LogP) is 0.00310. The van der Waals surface area contributed by atoms with E-state index in [0.717, 1.165) is 0 Å². The van der Waals surface area contributed by atoms with Gasteiger partial charge in [0, 0.05) is 0 Å². The molecular weight excluding hydrogens is 128 g/mol. The van der Waals surface area contributed by atoms with Gasteiger partial charge in [0.1, 0.15) is 0 Å². The minimum atomic E-state index is -1.35. The molecule has 0 saturated carbocycles. The summed E-state index contributed by atoms with van der Waals surface area (Å²) in [6.07, 6.45) is 1.68. The third kappa shape index (κ3) is 2.63. The van der Waals surface area contributed by atoms with Gasteiger partial charge in [0.2, 0.25) is 5.78 Å². The van der Waals surface area contributed by atoms with Gasteiger partial charge in [0.15, 0.2) is 0 Å². The van der Waals surface area contributed by atoms with E-state index in [1.165, 1.54) is 11.8 Å². The fraction of sp³-hybridized carbons (Fsp3) is 0.500. The Labute approximate surface area is 51.1 Å². The van der Waals surface area contributed by atoms with Crippen molar-refractivity contribution in [2.24, 2.45) is 0 Å². The van der Waals surface area contributed by atoms with Crippen molar-refractivity contribution in [1.29, 1.82) is 0 Å². The van der Waals surface area contributed by atoms with Crippen LogP contribution < -0.4 is 0 Å². The molecule has 0 saturated heterocycles. The molecule has 0 spiro atoms. The van der Waals surface area contributed by atoms with Crippen molar-refractivity contribution >= 4 is 23.5 Å². The Morgan fingerprint density at radius 2 is 2.12 bits per heavy atom. The van der Waals surface area contributed by atoms with Crippen LogP contribution in [0.3, 0.4) is 0 Å². The molecule has 0 aromatic rings. The second-order valence-electron chi connectivity index (χ2n) is 1.16. The minimum absolute atomic E-state index is 0.0648. The maximum atomic E-state index is 10.1. The fourth-order valence-corrected chi connectivity index (χ4v) is 0.578. The predicted molar refractivity (Wildman–Crippen MR) is 31.0 cm³/mol. The van der Waals surface area contributed by atoms with Crippen LogP contribution in [0, 0.1) is 0 Å². The zero-order chi connectivity index (χ0) is 6.57. The third-order valence-electron chi connectivity index (χ3n) is 0.514. The van der Waals surface area contributed by atoms with Gasteiger partial charge >= 0.3 is 5.97 Å². The molecule has 0 atom stereocenters. The van der Waals surface area contributed by atoms with E-state index >= 15 is 0 Å². The topological polar surface area (TPSA) is 54.4 Å². The Hall–Kier alpha value is -0.510. The van der Waals surface area contributed by atoms with Crippen molar-refractivity contribution in [2.45, 2.75) is 0 Å². The fourth-order valence-electron chi connectivity index (χ4n) is 0.193. The lowest BCUT2D eigenvalue weighted by Crippen LogP contribution is -2.14. The molecule has 0 amide bonds. The molecule has 4 heteroatoms. The number of hydrogen-bond acceptors (Lipinski definition) is 3. The number of Topliss-reactive ketones (excluding diaryl/α,β-unsaturated/α-hetero) is 1. The van der Waals surface area contributed by atoms with E-state index in [9.17, 15) is 9.59 Å². The van der Waals surface area contributed by atoms with Crippen LogP contribution in [0.2, 0.25) is 0 Å². The average molecular weight is 134 g/mol. The van der Waals surface area contributed by atoms with Crippen LogP contribution in [-0.4, -0.2) is 28.9 Å². The molecule has 0 radical (unpaired) electrons. The molecule has 0 unspecified atom stereocenters. The molecule has 0 heterocycles. The number of carbonyl (C=O) groups excluding carboxylic acids is 1. The van der Waals surface area contributed by atoms with Gasteiger partial charge in [-0.3, -0.25) is 4.79 Å². The van der Waals surface area contributed by atoms with Crippen LogP contribution in [0.1, 0.15) is 0 Å². The Bertz CT molecular complexity index is 110. The summed E-state index contributed by atoms with van der Waals surface area (Å²) in [6.45, 7) is 0. The third-order valence-corrected chi connectivity index (χ3v) is 1.06. The van der Waals surface area contributed by atoms with Crippen LogP contribution in [-0.2, 0) is 9.59 Å². The Morgan fingerprint density at radius 3 is 2.25 bits per heavy atom. The number of hydrogen-bond donors (Lipinski definition) is 1. The summed E-state index contributed by atoms with van der Waals surface area (Å²) >= 11 is 1.21. The lowest BCUT2D eigenvalue weighted by atomic mass is 10.5. The number of thioether (sulfide) groups is 1. The summed E-state index contributed by atoms with van der Waals surface area (Å²) in [5, 5.41) is 7.95. The van der Waals surface area contributed by atoms with E-state index in [1.807, 2.05) is 0 Å². The minimum Gasteiger partial charge on any atom is -0.475 e. The summed E-state index contributed by atoms with van der Waals surface area (Å²) in [7, 11) is 0. The SMILES string of the molecule is CSCC(=O)C(=O)O. The summed E-state index contributed by atoms with van der Waals surface area (Å²) in [5.74, 6) is -2.02. The smallest absolute Gasteiger partial charge is 0.373 e. The van der Waals surface area contributed by atoms with E-state index in [2.05, 4.69) is 0 Å². The molecule has 0 bridgehead atoms. The molecule has 46 valence electrons. The van der Waals surface area contributed by atoms with Crippen molar-refractivity contribution in [3.05, 3.63) is 0 Å². The summed E-state index contributed by atoms with van der Waals surface area (Å²) < 4.78 is 0. The van der Waals surface area contributed by atoms with Crippen molar-refractivity contribution in [3.8, 4) is 0 Å². The molecule has 0 aliphatic carbocycles. The lowest BCUT2D eigenvalue weighted by molar-refractivity contribution is -0.147. The van der Waals surface area contributed by atoms with Gasteiger partial charge in [0.05, 0.1) is 5.75 Å². The Kier molecular flexibility index (Phi) is 3.26. The van der Waals surface area contributed by atoms with E-state index in [-0.39, 0.29) is 5.75 Å². The molecule has 0 fully saturated rings. The van der Waals surface area contributed by atoms with Crippen LogP contribution in [0.15, 0.2) is 0 Å². The first-order chi connectivity index (χ1) is 3.68. The molecule has 0 rings (SSSR count). The van der Waals surface area contributed by atoms with E-state index in [4.69, 9.17) is 5.11 Å². The van der Waals surface area contributed by atoms with Gasteiger partial charge < -0.3 is 5.11 Å². The molecule has 8 heavy (non-hydrogen) atoms. The van der Waals surface area contributed by atoms with Crippen LogP contribution in [0.5, 0.6) is 0 Å². The van der Waals surface area contributed by atoms with Crippen LogP contribution >= 0.6 is 11.8 Å². The summed E-state index contributed by atoms with van der Waals surface area (Å²) in [6, 6.07) is 0. The number of ketones is 1. The zero-order valence-electron chi connectivity index (χ0n) is 4.38. The second-order valence-corrected chi connectivity index (χ2v) is 2.03. The van der Waals surface area contributed by atoms with Gasteiger partial charge in [-0.25, -0.2) is 4.79 Å². The highest BCUT2D eigenvalue weighted by atomic mass is 32.2. The molecular formula is C4H6O3S. The van der Waals surface area contributed by atoms with Gasteiger partial charge in [0.25, 0.3) is 0 Å². The number of carboxylic acid groups (broad SMARTS) is 1. The second kappa shape index (κ2) is 3.49.